The maximum atomic E-state index is 12.8. The van der Waals surface area contributed by atoms with Crippen LogP contribution in [0.5, 0.6) is 0 Å². The smallest absolute Gasteiger partial charge is 0.159 e. The van der Waals surface area contributed by atoms with Crippen LogP contribution < -0.4 is 5.32 Å². The van der Waals surface area contributed by atoms with E-state index in [4.69, 9.17) is 0 Å². The molecule has 0 bridgehead atoms. The van der Waals surface area contributed by atoms with Crippen molar-refractivity contribution < 1.29 is 8.78 Å². The zero-order valence-corrected chi connectivity index (χ0v) is 8.41. The molecule has 2 rings (SSSR count). The lowest BCUT2D eigenvalue weighted by Gasteiger charge is -2.10. The molecule has 1 aromatic carbocycles. The van der Waals surface area contributed by atoms with Crippen molar-refractivity contribution in [2.24, 2.45) is 0 Å². The summed E-state index contributed by atoms with van der Waals surface area (Å²) in [5.74, 6) is -1.53. The standard InChI is InChI=1S/C10H11F2N.ClH/c11-8-4-3-7(6-9(8)12)10-2-1-5-13-10;/h3-4,6,10,13H,1-2,5H2;1H/t10-;/m1./s1. The summed E-state index contributed by atoms with van der Waals surface area (Å²) in [5, 5.41) is 3.23. The maximum absolute atomic E-state index is 12.8. The molecule has 0 radical (unpaired) electrons. The van der Waals surface area contributed by atoms with E-state index in [-0.39, 0.29) is 18.4 Å². The lowest BCUT2D eigenvalue weighted by atomic mass is 10.1. The van der Waals surface area contributed by atoms with Crippen LogP contribution in [0.25, 0.3) is 0 Å². The minimum atomic E-state index is -0.776. The second-order valence-corrected chi connectivity index (χ2v) is 3.32. The lowest BCUT2D eigenvalue weighted by Crippen LogP contribution is -2.13. The van der Waals surface area contributed by atoms with Crippen molar-refractivity contribution in [3.05, 3.63) is 35.4 Å². The lowest BCUT2D eigenvalue weighted by molar-refractivity contribution is 0.503. The Morgan fingerprint density at radius 3 is 2.57 bits per heavy atom. The minimum Gasteiger partial charge on any atom is -0.310 e. The molecule has 0 unspecified atom stereocenters. The van der Waals surface area contributed by atoms with Crippen LogP contribution in [0.15, 0.2) is 18.2 Å². The van der Waals surface area contributed by atoms with Crippen molar-refractivity contribution >= 4 is 12.4 Å². The molecule has 1 atom stereocenters. The van der Waals surface area contributed by atoms with Crippen molar-refractivity contribution in [2.45, 2.75) is 18.9 Å². The molecule has 1 N–H and O–H groups in total. The van der Waals surface area contributed by atoms with Gasteiger partial charge in [0.15, 0.2) is 11.6 Å². The summed E-state index contributed by atoms with van der Waals surface area (Å²) in [7, 11) is 0. The van der Waals surface area contributed by atoms with Crippen LogP contribution in [0, 0.1) is 11.6 Å². The number of rotatable bonds is 1. The highest BCUT2D eigenvalue weighted by Crippen LogP contribution is 2.23. The largest absolute Gasteiger partial charge is 0.310 e. The van der Waals surface area contributed by atoms with Crippen LogP contribution in [0.3, 0.4) is 0 Å². The van der Waals surface area contributed by atoms with E-state index < -0.39 is 11.6 Å². The molecule has 1 aromatic rings. The average molecular weight is 220 g/mol. The van der Waals surface area contributed by atoms with E-state index in [0.29, 0.717) is 0 Å². The van der Waals surface area contributed by atoms with Crippen LogP contribution in [-0.4, -0.2) is 6.54 Å². The summed E-state index contributed by atoms with van der Waals surface area (Å²) in [5.41, 5.74) is 0.844. The Hall–Kier alpha value is -0.670. The van der Waals surface area contributed by atoms with Gasteiger partial charge in [-0.2, -0.15) is 0 Å². The van der Waals surface area contributed by atoms with Gasteiger partial charge in [-0.3, -0.25) is 0 Å². The van der Waals surface area contributed by atoms with E-state index in [1.165, 1.54) is 12.1 Å². The quantitative estimate of drug-likeness (QED) is 0.766. The van der Waals surface area contributed by atoms with Gasteiger partial charge in [0.2, 0.25) is 0 Å². The molecule has 0 aromatic heterocycles. The fraction of sp³-hybridized carbons (Fsp3) is 0.400. The van der Waals surface area contributed by atoms with Gasteiger partial charge < -0.3 is 5.32 Å². The zero-order valence-electron chi connectivity index (χ0n) is 7.59. The Kier molecular flexibility index (Phi) is 3.84. The van der Waals surface area contributed by atoms with Gasteiger partial charge in [0.25, 0.3) is 0 Å². The zero-order chi connectivity index (χ0) is 9.26. The van der Waals surface area contributed by atoms with Gasteiger partial charge in [-0.15, -0.1) is 12.4 Å². The summed E-state index contributed by atoms with van der Waals surface area (Å²) >= 11 is 0. The fourth-order valence-electron chi connectivity index (χ4n) is 1.70. The first-order valence-electron chi connectivity index (χ1n) is 4.46. The summed E-state index contributed by atoms with van der Waals surface area (Å²) in [6.45, 7) is 0.962. The van der Waals surface area contributed by atoms with Gasteiger partial charge in [-0.05, 0) is 37.1 Å². The number of hydrogen-bond acceptors (Lipinski definition) is 1. The predicted molar refractivity (Wildman–Crippen MR) is 53.6 cm³/mol. The Morgan fingerprint density at radius 1 is 1.21 bits per heavy atom. The highest BCUT2D eigenvalue weighted by Gasteiger charge is 2.17. The Morgan fingerprint density at radius 2 is 2.00 bits per heavy atom. The first-order chi connectivity index (χ1) is 6.27. The number of benzene rings is 1. The van der Waals surface area contributed by atoms with Gasteiger partial charge in [-0.1, -0.05) is 6.07 Å². The maximum Gasteiger partial charge on any atom is 0.159 e. The summed E-state index contributed by atoms with van der Waals surface area (Å²) in [4.78, 5) is 0. The molecule has 0 spiro atoms. The van der Waals surface area contributed by atoms with Gasteiger partial charge >= 0.3 is 0 Å². The van der Waals surface area contributed by atoms with Crippen LogP contribution in [-0.2, 0) is 0 Å². The molecule has 0 aliphatic carbocycles. The number of nitrogens with one attached hydrogen (secondary N) is 1. The molecule has 1 aliphatic rings. The molecule has 1 aliphatic heterocycles. The topological polar surface area (TPSA) is 12.0 Å². The molecular formula is C10H12ClF2N. The van der Waals surface area contributed by atoms with Crippen molar-refractivity contribution in [2.75, 3.05) is 6.54 Å². The van der Waals surface area contributed by atoms with Crippen LogP contribution in [0.1, 0.15) is 24.4 Å². The third-order valence-corrected chi connectivity index (χ3v) is 2.41. The Labute approximate surface area is 87.9 Å². The van der Waals surface area contributed by atoms with Crippen molar-refractivity contribution in [1.29, 1.82) is 0 Å². The molecule has 14 heavy (non-hydrogen) atoms. The highest BCUT2D eigenvalue weighted by atomic mass is 35.5. The number of hydrogen-bond donors (Lipinski definition) is 1. The first-order valence-corrected chi connectivity index (χ1v) is 4.46. The van der Waals surface area contributed by atoms with Crippen LogP contribution in [0.4, 0.5) is 8.78 Å². The molecule has 0 amide bonds. The highest BCUT2D eigenvalue weighted by molar-refractivity contribution is 5.85. The van der Waals surface area contributed by atoms with Crippen LogP contribution in [0.2, 0.25) is 0 Å². The predicted octanol–water partition coefficient (Wildman–Crippen LogP) is 2.81. The molecular weight excluding hydrogens is 208 g/mol. The van der Waals surface area contributed by atoms with E-state index in [1.807, 2.05) is 0 Å². The molecule has 1 heterocycles. The normalized spacial score (nSPS) is 20.6. The summed E-state index contributed by atoms with van der Waals surface area (Å²) in [6, 6.07) is 4.31. The van der Waals surface area contributed by atoms with E-state index in [9.17, 15) is 8.78 Å². The molecule has 78 valence electrons. The Bertz CT molecular complexity index is 311. The fourth-order valence-corrected chi connectivity index (χ4v) is 1.70. The second-order valence-electron chi connectivity index (χ2n) is 3.32. The molecule has 1 saturated heterocycles. The van der Waals surface area contributed by atoms with E-state index in [2.05, 4.69) is 5.32 Å². The summed E-state index contributed by atoms with van der Waals surface area (Å²) < 4.78 is 25.4. The Balaban J connectivity index is 0.000000980. The minimum absolute atomic E-state index is 0. The van der Waals surface area contributed by atoms with E-state index >= 15 is 0 Å². The average Bonchev–Trinajstić information content (AvgIpc) is 2.62. The van der Waals surface area contributed by atoms with Crippen molar-refractivity contribution in [3.63, 3.8) is 0 Å². The first kappa shape index (κ1) is 11.4. The van der Waals surface area contributed by atoms with Gasteiger partial charge in [0, 0.05) is 6.04 Å². The van der Waals surface area contributed by atoms with E-state index in [0.717, 1.165) is 24.9 Å². The molecule has 1 fully saturated rings. The van der Waals surface area contributed by atoms with Crippen molar-refractivity contribution in [3.8, 4) is 0 Å². The van der Waals surface area contributed by atoms with Crippen molar-refractivity contribution in [1.82, 2.24) is 5.32 Å². The van der Waals surface area contributed by atoms with Gasteiger partial charge in [0.05, 0.1) is 0 Å². The van der Waals surface area contributed by atoms with Crippen LogP contribution >= 0.6 is 12.4 Å². The molecule has 4 heteroatoms. The third kappa shape index (κ3) is 2.22. The monoisotopic (exact) mass is 219 g/mol. The molecule has 0 saturated carbocycles. The number of halogens is 3. The summed E-state index contributed by atoms with van der Waals surface area (Å²) in [6.07, 6.45) is 2.11. The third-order valence-electron chi connectivity index (χ3n) is 2.41. The van der Waals surface area contributed by atoms with Gasteiger partial charge in [0.1, 0.15) is 0 Å². The SMILES string of the molecule is Cl.Fc1ccc([C@H]2CCCN2)cc1F. The second kappa shape index (κ2) is 4.71. The molecule has 1 nitrogen and oxygen atoms in total. The van der Waals surface area contributed by atoms with E-state index in [1.54, 1.807) is 6.07 Å². The van der Waals surface area contributed by atoms with Gasteiger partial charge in [-0.25, -0.2) is 8.78 Å².